The first-order valence-electron chi connectivity index (χ1n) is 6.09. The van der Waals surface area contributed by atoms with Gasteiger partial charge < -0.3 is 9.64 Å². The number of hydrogen-bond donors (Lipinski definition) is 0. The van der Waals surface area contributed by atoms with Gasteiger partial charge in [0.25, 0.3) is 0 Å². The molecule has 0 saturated carbocycles. The summed E-state index contributed by atoms with van der Waals surface area (Å²) in [5, 5.41) is 9.13. The zero-order chi connectivity index (χ0) is 13.0. The molecule has 0 aliphatic carbocycles. The summed E-state index contributed by atoms with van der Waals surface area (Å²) in [4.78, 5) is 6.32. The summed E-state index contributed by atoms with van der Waals surface area (Å²) in [7, 11) is 1.95. The van der Waals surface area contributed by atoms with Crippen molar-refractivity contribution >= 4 is 21.7 Å². The van der Waals surface area contributed by atoms with Crippen molar-refractivity contribution in [3.05, 3.63) is 22.3 Å². The highest BCUT2D eigenvalue weighted by Gasteiger charge is 2.18. The number of anilines is 1. The number of pyridine rings is 1. The number of ether oxygens (including phenoxy) is 1. The Labute approximate surface area is 116 Å². The molecule has 0 bridgehead atoms. The summed E-state index contributed by atoms with van der Waals surface area (Å²) in [5.41, 5.74) is 0.586. The van der Waals surface area contributed by atoms with Crippen LogP contribution in [0.15, 0.2) is 16.7 Å². The molecule has 1 aromatic heterocycles. The van der Waals surface area contributed by atoms with Crippen LogP contribution in [0.2, 0.25) is 0 Å². The zero-order valence-corrected chi connectivity index (χ0v) is 12.0. The lowest BCUT2D eigenvalue weighted by Crippen LogP contribution is -2.34. The Balaban J connectivity index is 2.08. The van der Waals surface area contributed by atoms with Crippen molar-refractivity contribution in [2.24, 2.45) is 0 Å². The van der Waals surface area contributed by atoms with Crippen molar-refractivity contribution in [2.75, 3.05) is 25.1 Å². The first-order chi connectivity index (χ1) is 8.70. The van der Waals surface area contributed by atoms with Gasteiger partial charge in [-0.1, -0.05) is 0 Å². The molecule has 1 aromatic rings. The SMILES string of the molecule is CN(CC1CCCCO1)c1ncc(Br)cc1C#N. The van der Waals surface area contributed by atoms with E-state index in [0.29, 0.717) is 5.56 Å². The monoisotopic (exact) mass is 309 g/mol. The van der Waals surface area contributed by atoms with Gasteiger partial charge in [-0.25, -0.2) is 4.98 Å². The van der Waals surface area contributed by atoms with Crippen molar-refractivity contribution in [3.63, 3.8) is 0 Å². The summed E-state index contributed by atoms with van der Waals surface area (Å²) in [6.45, 7) is 1.63. The van der Waals surface area contributed by atoms with Crippen molar-refractivity contribution in [2.45, 2.75) is 25.4 Å². The number of hydrogen-bond acceptors (Lipinski definition) is 4. The van der Waals surface area contributed by atoms with Crippen LogP contribution >= 0.6 is 15.9 Å². The van der Waals surface area contributed by atoms with Gasteiger partial charge in [0.05, 0.1) is 11.7 Å². The summed E-state index contributed by atoms with van der Waals surface area (Å²) in [5.74, 6) is 0.717. The Kier molecular flexibility index (Phi) is 4.56. The second-order valence-electron chi connectivity index (χ2n) is 4.51. The van der Waals surface area contributed by atoms with E-state index >= 15 is 0 Å². The van der Waals surface area contributed by atoms with Crippen LogP contribution in [-0.2, 0) is 4.74 Å². The fraction of sp³-hybridized carbons (Fsp3) is 0.538. The number of rotatable bonds is 3. The Morgan fingerprint density at radius 3 is 3.11 bits per heavy atom. The number of halogens is 1. The minimum Gasteiger partial charge on any atom is -0.376 e. The third-order valence-electron chi connectivity index (χ3n) is 3.07. The lowest BCUT2D eigenvalue weighted by molar-refractivity contribution is 0.0215. The van der Waals surface area contributed by atoms with Gasteiger partial charge in [-0.3, -0.25) is 0 Å². The molecule has 2 rings (SSSR count). The number of nitriles is 1. The molecule has 1 fully saturated rings. The minimum absolute atomic E-state index is 0.251. The third-order valence-corrected chi connectivity index (χ3v) is 3.50. The normalized spacial score (nSPS) is 19.3. The van der Waals surface area contributed by atoms with Gasteiger partial charge in [-0.15, -0.1) is 0 Å². The zero-order valence-electron chi connectivity index (χ0n) is 10.4. The Morgan fingerprint density at radius 1 is 1.61 bits per heavy atom. The highest BCUT2D eigenvalue weighted by atomic mass is 79.9. The summed E-state index contributed by atoms with van der Waals surface area (Å²) < 4.78 is 6.53. The van der Waals surface area contributed by atoms with E-state index in [1.807, 2.05) is 11.9 Å². The second kappa shape index (κ2) is 6.17. The van der Waals surface area contributed by atoms with Gasteiger partial charge in [0, 0.05) is 30.9 Å². The van der Waals surface area contributed by atoms with Gasteiger partial charge in [0.15, 0.2) is 0 Å². The van der Waals surface area contributed by atoms with Crippen LogP contribution in [0.1, 0.15) is 24.8 Å². The van der Waals surface area contributed by atoms with Crippen LogP contribution in [0, 0.1) is 11.3 Å². The van der Waals surface area contributed by atoms with Gasteiger partial charge in [-0.2, -0.15) is 5.26 Å². The van der Waals surface area contributed by atoms with Crippen LogP contribution in [0.25, 0.3) is 0 Å². The van der Waals surface area contributed by atoms with Crippen LogP contribution < -0.4 is 4.90 Å². The molecule has 1 aliphatic heterocycles. The quantitative estimate of drug-likeness (QED) is 0.861. The van der Waals surface area contributed by atoms with E-state index in [1.165, 1.54) is 6.42 Å². The maximum absolute atomic E-state index is 9.13. The largest absolute Gasteiger partial charge is 0.376 e. The van der Waals surface area contributed by atoms with Crippen molar-refractivity contribution in [1.29, 1.82) is 5.26 Å². The molecule has 96 valence electrons. The van der Waals surface area contributed by atoms with Gasteiger partial charge in [-0.05, 0) is 41.3 Å². The van der Waals surface area contributed by atoms with Gasteiger partial charge >= 0.3 is 0 Å². The average molecular weight is 310 g/mol. The molecule has 0 amide bonds. The topological polar surface area (TPSA) is 49.1 Å². The summed E-state index contributed by atoms with van der Waals surface area (Å²) in [6, 6.07) is 3.97. The smallest absolute Gasteiger partial charge is 0.146 e. The van der Waals surface area contributed by atoms with E-state index in [-0.39, 0.29) is 6.10 Å². The van der Waals surface area contributed by atoms with Gasteiger partial charge in [0.1, 0.15) is 11.9 Å². The highest BCUT2D eigenvalue weighted by Crippen LogP contribution is 2.22. The Bertz CT molecular complexity index is 452. The lowest BCUT2D eigenvalue weighted by atomic mass is 10.1. The molecular weight excluding hydrogens is 294 g/mol. The molecule has 4 nitrogen and oxygen atoms in total. The van der Waals surface area contributed by atoms with E-state index in [2.05, 4.69) is 27.0 Å². The Hall–Kier alpha value is -1.12. The molecule has 1 unspecified atom stereocenters. The number of nitrogens with zero attached hydrogens (tertiary/aromatic N) is 3. The number of likely N-dealkylation sites (N-methyl/N-ethyl adjacent to an activating group) is 1. The van der Waals surface area contributed by atoms with Crippen molar-refractivity contribution < 1.29 is 4.74 Å². The van der Waals surface area contributed by atoms with Crippen LogP contribution in [0.4, 0.5) is 5.82 Å². The molecule has 0 N–H and O–H groups in total. The first-order valence-corrected chi connectivity index (χ1v) is 6.88. The van der Waals surface area contributed by atoms with E-state index in [9.17, 15) is 0 Å². The molecule has 5 heteroatoms. The Morgan fingerprint density at radius 2 is 2.44 bits per heavy atom. The molecule has 0 radical (unpaired) electrons. The summed E-state index contributed by atoms with van der Waals surface area (Å²) in [6.07, 6.45) is 5.43. The molecule has 1 atom stereocenters. The van der Waals surface area contributed by atoms with E-state index in [0.717, 1.165) is 36.3 Å². The molecule has 1 aliphatic rings. The van der Waals surface area contributed by atoms with Crippen molar-refractivity contribution in [3.8, 4) is 6.07 Å². The van der Waals surface area contributed by atoms with Crippen LogP contribution in [-0.4, -0.2) is 31.3 Å². The average Bonchev–Trinajstić information content (AvgIpc) is 2.39. The molecule has 18 heavy (non-hydrogen) atoms. The third kappa shape index (κ3) is 3.21. The standard InChI is InChI=1S/C13H16BrN3O/c1-17(9-12-4-2-3-5-18-12)13-10(7-15)6-11(14)8-16-13/h6,8,12H,2-5,9H2,1H3. The molecule has 0 aromatic carbocycles. The van der Waals surface area contributed by atoms with E-state index < -0.39 is 0 Å². The van der Waals surface area contributed by atoms with Gasteiger partial charge in [0.2, 0.25) is 0 Å². The fourth-order valence-corrected chi connectivity index (χ4v) is 2.49. The maximum Gasteiger partial charge on any atom is 0.146 e. The number of aromatic nitrogens is 1. The van der Waals surface area contributed by atoms with Crippen LogP contribution in [0.5, 0.6) is 0 Å². The predicted octanol–water partition coefficient (Wildman–Crippen LogP) is 2.72. The fourth-order valence-electron chi connectivity index (χ4n) is 2.16. The molecule has 0 spiro atoms. The van der Waals surface area contributed by atoms with Crippen LogP contribution in [0.3, 0.4) is 0 Å². The molecule has 1 saturated heterocycles. The van der Waals surface area contributed by atoms with E-state index in [4.69, 9.17) is 10.00 Å². The minimum atomic E-state index is 0.251. The first kappa shape index (κ1) is 13.3. The molecular formula is C13H16BrN3O. The highest BCUT2D eigenvalue weighted by molar-refractivity contribution is 9.10. The predicted molar refractivity (Wildman–Crippen MR) is 73.5 cm³/mol. The second-order valence-corrected chi connectivity index (χ2v) is 5.42. The molecule has 2 heterocycles. The lowest BCUT2D eigenvalue weighted by Gasteiger charge is -2.28. The van der Waals surface area contributed by atoms with Crippen molar-refractivity contribution in [1.82, 2.24) is 4.98 Å². The maximum atomic E-state index is 9.13. The summed E-state index contributed by atoms with van der Waals surface area (Å²) >= 11 is 3.33. The van der Waals surface area contributed by atoms with E-state index in [1.54, 1.807) is 12.3 Å².